The zero-order chi connectivity index (χ0) is 24.1. The highest BCUT2D eigenvalue weighted by Gasteiger charge is 2.21. The Kier molecular flexibility index (Phi) is 7.03. The quantitative estimate of drug-likeness (QED) is 0.370. The van der Waals surface area contributed by atoms with Crippen LogP contribution in [0.5, 0.6) is 11.6 Å². The Bertz CT molecular complexity index is 1330. The number of benzene rings is 2. The molecule has 0 radical (unpaired) electrons. The summed E-state index contributed by atoms with van der Waals surface area (Å²) in [5.74, 6) is 0.744. The van der Waals surface area contributed by atoms with Gasteiger partial charge >= 0.3 is 0 Å². The van der Waals surface area contributed by atoms with E-state index in [2.05, 4.69) is 15.5 Å². The second-order valence-electron chi connectivity index (χ2n) is 7.76. The van der Waals surface area contributed by atoms with Crippen molar-refractivity contribution < 1.29 is 14.6 Å². The molecule has 4 rings (SSSR count). The van der Waals surface area contributed by atoms with Gasteiger partial charge in [0.15, 0.2) is 10.6 Å². The molecule has 174 valence electrons. The fraction of sp³-hybridized carbons (Fsp3) is 0.200. The summed E-state index contributed by atoms with van der Waals surface area (Å²) in [7, 11) is 1.63. The minimum Gasteiger partial charge on any atom is -0.497 e. The summed E-state index contributed by atoms with van der Waals surface area (Å²) >= 11 is 5.73. The van der Waals surface area contributed by atoms with Crippen molar-refractivity contribution in [3.63, 3.8) is 0 Å². The van der Waals surface area contributed by atoms with Crippen LogP contribution < -0.4 is 10.1 Å². The number of nitrogens with zero attached hydrogens (tertiary/aromatic N) is 4. The first kappa shape index (κ1) is 23.2. The van der Waals surface area contributed by atoms with Crippen LogP contribution in [0.1, 0.15) is 17.0 Å². The topological polar surface area (TPSA) is 94.2 Å². The van der Waals surface area contributed by atoms with Crippen LogP contribution in [0.15, 0.2) is 66.7 Å². The van der Waals surface area contributed by atoms with Crippen molar-refractivity contribution in [3.8, 4) is 17.3 Å². The maximum Gasteiger partial charge on any atom is 0.231 e. The van der Waals surface area contributed by atoms with Crippen molar-refractivity contribution in [2.45, 2.75) is 26.3 Å². The highest BCUT2D eigenvalue weighted by atomic mass is 32.1. The lowest BCUT2D eigenvalue weighted by Gasteiger charge is -2.09. The number of amides is 1. The van der Waals surface area contributed by atoms with E-state index < -0.39 is 0 Å². The summed E-state index contributed by atoms with van der Waals surface area (Å²) < 4.78 is 9.03. The second-order valence-corrected chi connectivity index (χ2v) is 8.12. The average Bonchev–Trinajstić information content (AvgIpc) is 3.08. The minimum absolute atomic E-state index is 0.0592. The molecule has 4 aromatic rings. The molecule has 0 aliphatic rings. The standard InChI is InChI=1S/C25H25N5O3S/c1-17-8-13-22(28-27-17)26-23(31)16-21-24(32)30(19-6-4-3-5-7-19)25(34)29(21)15-14-18-9-11-20(33-2)12-10-18/h3-13,32H,14-16H2,1-2H3,(H,26,28,31). The molecule has 0 unspecified atom stereocenters. The molecule has 8 nitrogen and oxygen atoms in total. The van der Waals surface area contributed by atoms with Crippen LogP contribution in [0.2, 0.25) is 0 Å². The second kappa shape index (κ2) is 10.3. The predicted molar refractivity (Wildman–Crippen MR) is 132 cm³/mol. The normalized spacial score (nSPS) is 10.8. The number of aromatic nitrogens is 4. The molecule has 0 spiro atoms. The monoisotopic (exact) mass is 475 g/mol. The molecule has 9 heteroatoms. The Morgan fingerprint density at radius 3 is 2.44 bits per heavy atom. The van der Waals surface area contributed by atoms with E-state index in [1.54, 1.807) is 23.8 Å². The molecule has 0 bridgehead atoms. The molecular formula is C25H25N5O3S. The first-order chi connectivity index (χ1) is 16.5. The van der Waals surface area contributed by atoms with Gasteiger partial charge in [0.25, 0.3) is 0 Å². The van der Waals surface area contributed by atoms with Crippen LogP contribution in [0.4, 0.5) is 5.82 Å². The number of carbonyl (C=O) groups excluding carboxylic acids is 1. The predicted octanol–water partition coefficient (Wildman–Crippen LogP) is 4.24. The third-order valence-corrected chi connectivity index (χ3v) is 5.81. The maximum atomic E-state index is 12.8. The largest absolute Gasteiger partial charge is 0.497 e. The van der Waals surface area contributed by atoms with Crippen LogP contribution >= 0.6 is 12.2 Å². The number of aromatic hydroxyl groups is 1. The van der Waals surface area contributed by atoms with Gasteiger partial charge in [-0.2, -0.15) is 5.10 Å². The van der Waals surface area contributed by atoms with E-state index in [0.717, 1.165) is 22.7 Å². The van der Waals surface area contributed by atoms with Crippen molar-refractivity contribution in [2.75, 3.05) is 12.4 Å². The first-order valence-electron chi connectivity index (χ1n) is 10.8. The summed E-state index contributed by atoms with van der Waals surface area (Å²) in [4.78, 5) is 12.8. The van der Waals surface area contributed by atoms with E-state index in [-0.39, 0.29) is 18.2 Å². The number of carbonyl (C=O) groups is 1. The molecule has 0 aliphatic heterocycles. The molecular weight excluding hydrogens is 450 g/mol. The highest BCUT2D eigenvalue weighted by Crippen LogP contribution is 2.27. The van der Waals surface area contributed by atoms with Crippen LogP contribution in [0.3, 0.4) is 0 Å². The molecule has 0 fully saturated rings. The van der Waals surface area contributed by atoms with Gasteiger partial charge in [0.05, 0.1) is 30.6 Å². The Morgan fingerprint density at radius 2 is 1.79 bits per heavy atom. The van der Waals surface area contributed by atoms with Gasteiger partial charge in [-0.05, 0) is 67.5 Å². The Labute approximate surface area is 202 Å². The molecule has 34 heavy (non-hydrogen) atoms. The van der Waals surface area contributed by atoms with Crippen LogP contribution in [0.25, 0.3) is 5.69 Å². The molecule has 1 amide bonds. The summed E-state index contributed by atoms with van der Waals surface area (Å²) in [5, 5.41) is 21.8. The number of ether oxygens (including phenoxy) is 1. The molecule has 0 aliphatic carbocycles. The fourth-order valence-electron chi connectivity index (χ4n) is 3.63. The number of rotatable bonds is 8. The Balaban J connectivity index is 1.64. The smallest absolute Gasteiger partial charge is 0.231 e. The zero-order valence-corrected chi connectivity index (χ0v) is 19.7. The van der Waals surface area contributed by atoms with Crippen LogP contribution in [0, 0.1) is 11.7 Å². The number of anilines is 1. The number of aryl methyl sites for hydroxylation is 2. The lowest BCUT2D eigenvalue weighted by Crippen LogP contribution is -2.18. The Morgan fingerprint density at radius 1 is 1.06 bits per heavy atom. The molecule has 2 N–H and O–H groups in total. The molecule has 0 atom stereocenters. The number of methoxy groups -OCH3 is 1. The number of nitrogens with one attached hydrogen (secondary N) is 1. The Hall–Kier alpha value is -3.98. The van der Waals surface area contributed by atoms with E-state index >= 15 is 0 Å². The SMILES string of the molecule is COc1ccc(CCn2c(CC(=O)Nc3ccc(C)nn3)c(O)n(-c3ccccc3)c2=S)cc1. The average molecular weight is 476 g/mol. The minimum atomic E-state index is -0.327. The molecule has 2 heterocycles. The van der Waals surface area contributed by atoms with E-state index in [1.165, 1.54) is 0 Å². The maximum absolute atomic E-state index is 12.8. The van der Waals surface area contributed by atoms with Gasteiger partial charge < -0.3 is 19.7 Å². The fourth-order valence-corrected chi connectivity index (χ4v) is 4.02. The highest BCUT2D eigenvalue weighted by molar-refractivity contribution is 7.71. The van der Waals surface area contributed by atoms with Gasteiger partial charge in [0.1, 0.15) is 5.75 Å². The van der Waals surface area contributed by atoms with Crippen molar-refractivity contribution in [2.24, 2.45) is 0 Å². The van der Waals surface area contributed by atoms with Crippen LogP contribution in [-0.4, -0.2) is 37.5 Å². The number of hydrogen-bond donors (Lipinski definition) is 2. The number of para-hydroxylation sites is 1. The van der Waals surface area contributed by atoms with Crippen molar-refractivity contribution in [1.29, 1.82) is 0 Å². The van der Waals surface area contributed by atoms with Crippen molar-refractivity contribution in [1.82, 2.24) is 19.3 Å². The van der Waals surface area contributed by atoms with Gasteiger partial charge in [0.2, 0.25) is 11.8 Å². The summed E-state index contributed by atoms with van der Waals surface area (Å²) in [6.45, 7) is 2.31. The molecule has 2 aromatic carbocycles. The third kappa shape index (κ3) is 5.15. The zero-order valence-electron chi connectivity index (χ0n) is 18.9. The van der Waals surface area contributed by atoms with Gasteiger partial charge in [0, 0.05) is 6.54 Å². The van der Waals surface area contributed by atoms with E-state index in [4.69, 9.17) is 17.0 Å². The lowest BCUT2D eigenvalue weighted by molar-refractivity contribution is -0.115. The number of hydrogen-bond acceptors (Lipinski definition) is 6. The van der Waals surface area contributed by atoms with Gasteiger partial charge in [-0.15, -0.1) is 5.10 Å². The lowest BCUT2D eigenvalue weighted by atomic mass is 10.1. The summed E-state index contributed by atoms with van der Waals surface area (Å²) in [5.41, 5.74) is 2.99. The van der Waals surface area contributed by atoms with Gasteiger partial charge in [-0.1, -0.05) is 30.3 Å². The van der Waals surface area contributed by atoms with E-state index in [1.807, 2.05) is 66.1 Å². The van der Waals surface area contributed by atoms with E-state index in [0.29, 0.717) is 29.2 Å². The molecule has 0 saturated heterocycles. The number of imidazole rings is 1. The summed E-state index contributed by atoms with van der Waals surface area (Å²) in [6, 6.07) is 20.6. The van der Waals surface area contributed by atoms with Crippen LogP contribution in [-0.2, 0) is 24.2 Å². The van der Waals surface area contributed by atoms with Gasteiger partial charge in [-0.25, -0.2) is 0 Å². The third-order valence-electron chi connectivity index (χ3n) is 5.41. The summed E-state index contributed by atoms with van der Waals surface area (Å²) in [6.07, 6.45) is 0.585. The van der Waals surface area contributed by atoms with Crippen molar-refractivity contribution in [3.05, 3.63) is 88.5 Å². The first-order valence-corrected chi connectivity index (χ1v) is 11.2. The van der Waals surface area contributed by atoms with Gasteiger partial charge in [-0.3, -0.25) is 9.36 Å². The molecule has 0 saturated carbocycles. The molecule has 2 aromatic heterocycles. The van der Waals surface area contributed by atoms with Crippen molar-refractivity contribution >= 4 is 23.9 Å². The van der Waals surface area contributed by atoms with E-state index in [9.17, 15) is 9.90 Å².